The van der Waals surface area contributed by atoms with E-state index in [1.54, 1.807) is 6.92 Å². The third-order valence-corrected chi connectivity index (χ3v) is 15.4. The molecule has 0 amide bonds. The molecule has 0 bridgehead atoms. The van der Waals surface area contributed by atoms with Gasteiger partial charge in [-0.05, 0) is 62.9 Å². The summed E-state index contributed by atoms with van der Waals surface area (Å²) in [5.41, 5.74) is 4.78. The number of rotatable bonds is 17. The Balaban J connectivity index is 0.913. The fourth-order valence-electron chi connectivity index (χ4n) is 10.7. The van der Waals surface area contributed by atoms with Crippen molar-refractivity contribution in [2.75, 3.05) is 33.0 Å². The van der Waals surface area contributed by atoms with E-state index in [0.717, 1.165) is 11.1 Å². The summed E-state index contributed by atoms with van der Waals surface area (Å²) in [7, 11) is -4.21. The first kappa shape index (κ1) is 41.6. The smallest absolute Gasteiger partial charge is 0.405 e. The van der Waals surface area contributed by atoms with Gasteiger partial charge in [-0.2, -0.15) is 0 Å². The molecule has 320 valence electrons. The molecule has 2 saturated carbocycles. The Labute approximate surface area is 329 Å². The SMILES string of the molecule is CCOC(=O)C(N)CCCNP(=O)(OCCCC(=O)O[C@@H]1[C@@]2(C(C)C)O[C@H]2[C@@H]2O[C@]23[C@]12O[C@H]2CC1C2=C(CC[C@@]13C)C(=O)OC2)OC[C@H]1OC(O)[C@@H](O)[C@@H](O)[C@@H]1O. The highest BCUT2D eigenvalue weighted by Gasteiger charge is 3.01. The van der Waals surface area contributed by atoms with Crippen molar-refractivity contribution in [1.82, 2.24) is 5.09 Å². The number of epoxide rings is 3. The number of nitrogens with two attached hydrogens (primary N) is 1. The van der Waals surface area contributed by atoms with Crippen LogP contribution in [-0.2, 0) is 61.2 Å². The summed E-state index contributed by atoms with van der Waals surface area (Å²) >= 11 is 0. The molecule has 0 aromatic rings. The molecule has 4 unspecified atom stereocenters. The highest BCUT2D eigenvalue weighted by molar-refractivity contribution is 7.51. The van der Waals surface area contributed by atoms with E-state index in [2.05, 4.69) is 12.0 Å². The molecule has 2 spiro atoms. The summed E-state index contributed by atoms with van der Waals surface area (Å²) in [5.74, 6) is -1.38. The molecule has 20 heteroatoms. The fourth-order valence-corrected chi connectivity index (χ4v) is 12.1. The Bertz CT molecular complexity index is 1710. The summed E-state index contributed by atoms with van der Waals surface area (Å²) in [6.45, 7) is 7.51. The topological polar surface area (TPSA) is 280 Å². The van der Waals surface area contributed by atoms with Crippen LogP contribution in [0.4, 0.5) is 0 Å². The number of ether oxygens (including phenoxy) is 7. The van der Waals surface area contributed by atoms with E-state index in [4.69, 9.17) is 47.9 Å². The highest BCUT2D eigenvalue weighted by atomic mass is 31.2. The average Bonchev–Trinajstić information content (AvgIpc) is 4.11. The van der Waals surface area contributed by atoms with Crippen LogP contribution in [-0.4, -0.2) is 149 Å². The molecule has 0 aromatic carbocycles. The van der Waals surface area contributed by atoms with E-state index >= 15 is 0 Å². The van der Waals surface area contributed by atoms with Crippen molar-refractivity contribution in [2.24, 2.45) is 23.0 Å². The number of fused-ring (bicyclic) bond motifs is 4. The number of aliphatic hydroxyl groups excluding tert-OH is 4. The molecule has 16 atom stereocenters. The Kier molecular flexibility index (Phi) is 10.8. The lowest BCUT2D eigenvalue weighted by molar-refractivity contribution is -0.285. The molecular weight excluding hydrogens is 775 g/mol. The standard InChI is InChI=1S/C37H55N2O17P/c1-5-48-31(45)21(38)8-6-12-39-57(47,51-16-22-25(41)26(42)27(43)32(46)52-22)50-13-7-9-24(40)53-33-35(17(2)3)28(55-35)29-37(56-29)34(4)11-10-18-19(15-49-30(18)44)20(34)14-23-36(33,37)54-23/h17,20-23,25-29,32-33,41-43,46H,5-16,38H2,1-4H3,(H,39,47)/t20?,21?,22-,23+,25-,26+,27+,28+,29+,32?,33-,34+,35+,36-,37-,57?/m1/s1. The molecule has 5 heterocycles. The van der Waals surface area contributed by atoms with E-state index in [-0.39, 0.29) is 88.2 Å². The Morgan fingerprint density at radius 2 is 1.82 bits per heavy atom. The van der Waals surface area contributed by atoms with Gasteiger partial charge in [-0.15, -0.1) is 0 Å². The summed E-state index contributed by atoms with van der Waals surface area (Å²) in [6.07, 6.45) is -7.69. The number of nitrogens with one attached hydrogen (secondary N) is 1. The van der Waals surface area contributed by atoms with Gasteiger partial charge >= 0.3 is 25.7 Å². The van der Waals surface area contributed by atoms with Crippen molar-refractivity contribution in [3.05, 3.63) is 11.1 Å². The second-order valence-electron chi connectivity index (χ2n) is 17.1. The van der Waals surface area contributed by atoms with Crippen LogP contribution in [0, 0.1) is 17.3 Å². The zero-order valence-electron chi connectivity index (χ0n) is 32.5. The van der Waals surface area contributed by atoms with Crippen LogP contribution in [0.25, 0.3) is 0 Å². The molecule has 19 nitrogen and oxygen atoms in total. The van der Waals surface area contributed by atoms with Gasteiger partial charge in [0, 0.05) is 24.0 Å². The molecule has 5 aliphatic heterocycles. The van der Waals surface area contributed by atoms with Gasteiger partial charge in [0.1, 0.15) is 60.5 Å². The van der Waals surface area contributed by atoms with E-state index < -0.39 is 91.4 Å². The molecule has 4 saturated heterocycles. The van der Waals surface area contributed by atoms with E-state index in [1.807, 2.05) is 13.8 Å². The third-order valence-electron chi connectivity index (χ3n) is 13.8. The van der Waals surface area contributed by atoms with Crippen LogP contribution in [0.1, 0.15) is 72.6 Å². The molecule has 8 aliphatic rings. The van der Waals surface area contributed by atoms with Crippen molar-refractivity contribution < 1.29 is 81.6 Å². The van der Waals surface area contributed by atoms with Crippen molar-refractivity contribution in [1.29, 1.82) is 0 Å². The predicted molar refractivity (Wildman–Crippen MR) is 190 cm³/mol. The Morgan fingerprint density at radius 1 is 1.05 bits per heavy atom. The minimum Gasteiger partial charge on any atom is -0.465 e. The van der Waals surface area contributed by atoms with Crippen molar-refractivity contribution in [3.8, 4) is 0 Å². The lowest BCUT2D eigenvalue weighted by Crippen LogP contribution is -2.70. The Hall–Kier alpha value is -2.10. The van der Waals surface area contributed by atoms with Gasteiger partial charge in [-0.3, -0.25) is 18.6 Å². The molecule has 3 aliphatic carbocycles. The van der Waals surface area contributed by atoms with Gasteiger partial charge in [0.15, 0.2) is 18.0 Å². The zero-order valence-corrected chi connectivity index (χ0v) is 33.4. The normalized spacial score (nSPS) is 44.9. The first-order valence-electron chi connectivity index (χ1n) is 20.1. The molecule has 8 rings (SSSR count). The third kappa shape index (κ3) is 6.38. The maximum atomic E-state index is 13.9. The largest absolute Gasteiger partial charge is 0.465 e. The van der Waals surface area contributed by atoms with E-state index in [0.29, 0.717) is 19.3 Å². The summed E-state index contributed by atoms with van der Waals surface area (Å²) < 4.78 is 67.0. The van der Waals surface area contributed by atoms with Crippen molar-refractivity contribution in [2.45, 2.75) is 151 Å². The number of carbonyl (C=O) groups is 3. The van der Waals surface area contributed by atoms with Gasteiger partial charge in [-0.25, -0.2) is 14.4 Å². The lowest BCUT2D eigenvalue weighted by atomic mass is 9.46. The summed E-state index contributed by atoms with van der Waals surface area (Å²) in [6, 6.07) is -0.907. The number of hydrogen-bond donors (Lipinski definition) is 6. The van der Waals surface area contributed by atoms with Crippen molar-refractivity contribution in [3.63, 3.8) is 0 Å². The molecular formula is C37H55N2O17P. The summed E-state index contributed by atoms with van der Waals surface area (Å²) in [4.78, 5) is 38.2. The minimum absolute atomic E-state index is 0.0143. The number of carbonyl (C=O) groups excluding carboxylic acids is 3. The maximum Gasteiger partial charge on any atom is 0.405 e. The molecule has 7 N–H and O–H groups in total. The Morgan fingerprint density at radius 3 is 2.56 bits per heavy atom. The second kappa shape index (κ2) is 14.8. The van der Waals surface area contributed by atoms with Crippen LogP contribution < -0.4 is 10.8 Å². The van der Waals surface area contributed by atoms with Gasteiger partial charge in [0.05, 0.1) is 25.9 Å². The van der Waals surface area contributed by atoms with E-state index in [9.17, 15) is 39.4 Å². The number of cyclic esters (lactones) is 1. The summed E-state index contributed by atoms with van der Waals surface area (Å²) in [5, 5.41) is 42.9. The first-order chi connectivity index (χ1) is 27.0. The van der Waals surface area contributed by atoms with Crippen LogP contribution in [0.2, 0.25) is 0 Å². The average molecular weight is 831 g/mol. The quantitative estimate of drug-likeness (QED) is 0.0359. The minimum atomic E-state index is -4.21. The van der Waals surface area contributed by atoms with Gasteiger partial charge < -0.3 is 59.3 Å². The monoisotopic (exact) mass is 830 g/mol. The van der Waals surface area contributed by atoms with Crippen molar-refractivity contribution >= 4 is 25.7 Å². The second-order valence-corrected chi connectivity index (χ2v) is 18.9. The number of hydrogen-bond acceptors (Lipinski definition) is 18. The lowest BCUT2D eigenvalue weighted by Gasteiger charge is -2.53. The molecule has 6 fully saturated rings. The van der Waals surface area contributed by atoms with Crippen LogP contribution >= 0.6 is 7.75 Å². The fraction of sp³-hybridized carbons (Fsp3) is 0.865. The highest BCUT2D eigenvalue weighted by Crippen LogP contribution is 2.83. The number of aliphatic hydroxyl groups is 4. The predicted octanol–water partition coefficient (Wildman–Crippen LogP) is -0.364. The first-order valence-corrected chi connectivity index (χ1v) is 21.6. The zero-order chi connectivity index (χ0) is 40.9. The molecule has 0 aromatic heterocycles. The van der Waals surface area contributed by atoms with Gasteiger partial charge in [0.25, 0.3) is 0 Å². The maximum absolute atomic E-state index is 13.9. The molecule has 0 radical (unpaired) electrons. The number of esters is 3. The van der Waals surface area contributed by atoms with E-state index in [1.165, 1.54) is 0 Å². The molecule has 57 heavy (non-hydrogen) atoms. The van der Waals surface area contributed by atoms with Crippen LogP contribution in [0.5, 0.6) is 0 Å². The van der Waals surface area contributed by atoms with Gasteiger partial charge in [0.2, 0.25) is 0 Å². The van der Waals surface area contributed by atoms with Gasteiger partial charge in [-0.1, -0.05) is 20.8 Å². The van der Waals surface area contributed by atoms with Crippen LogP contribution in [0.15, 0.2) is 11.1 Å². The van der Waals surface area contributed by atoms with Crippen LogP contribution in [0.3, 0.4) is 0 Å².